The molecule has 1 fully saturated rings. The van der Waals surface area contributed by atoms with Crippen molar-refractivity contribution < 1.29 is 8.42 Å². The average Bonchev–Trinajstić information content (AvgIpc) is 2.85. The molecule has 0 spiro atoms. The molecule has 1 unspecified atom stereocenters. The van der Waals surface area contributed by atoms with Crippen LogP contribution >= 0.6 is 27.3 Å². The van der Waals surface area contributed by atoms with Crippen molar-refractivity contribution in [2.75, 3.05) is 13.1 Å². The zero-order valence-electron chi connectivity index (χ0n) is 8.57. The van der Waals surface area contributed by atoms with Crippen LogP contribution in [0.4, 0.5) is 0 Å². The average molecular weight is 325 g/mol. The molecule has 1 atom stereocenters. The van der Waals surface area contributed by atoms with Crippen molar-refractivity contribution in [3.05, 3.63) is 15.9 Å². The molecule has 2 heterocycles. The lowest BCUT2D eigenvalue weighted by atomic mass is 10.2. The SMILES string of the molecule is O=S(=O)(NCC1CCCN1)c1sccc1Br. The summed E-state index contributed by atoms with van der Waals surface area (Å²) in [5, 5.41) is 5.01. The Morgan fingerprint density at radius 1 is 1.62 bits per heavy atom. The third-order valence-corrected chi connectivity index (χ3v) is 6.60. The van der Waals surface area contributed by atoms with Crippen molar-refractivity contribution in [3.8, 4) is 0 Å². The molecule has 1 aliphatic heterocycles. The van der Waals surface area contributed by atoms with Crippen LogP contribution in [0.1, 0.15) is 12.8 Å². The summed E-state index contributed by atoms with van der Waals surface area (Å²) in [6.45, 7) is 1.45. The first-order chi connectivity index (χ1) is 7.59. The first-order valence-corrected chi connectivity index (χ1v) is 8.21. The summed E-state index contributed by atoms with van der Waals surface area (Å²) in [6.07, 6.45) is 2.16. The van der Waals surface area contributed by atoms with Gasteiger partial charge in [0.25, 0.3) is 10.0 Å². The van der Waals surface area contributed by atoms with Crippen molar-refractivity contribution in [1.82, 2.24) is 10.0 Å². The van der Waals surface area contributed by atoms with Crippen LogP contribution in [0.3, 0.4) is 0 Å². The first kappa shape index (κ1) is 12.5. The van der Waals surface area contributed by atoms with E-state index in [2.05, 4.69) is 26.0 Å². The van der Waals surface area contributed by atoms with Gasteiger partial charge in [-0.05, 0) is 46.8 Å². The molecular formula is C9H13BrN2O2S2. The number of halogens is 1. The number of nitrogens with one attached hydrogen (secondary N) is 2. The molecule has 0 amide bonds. The zero-order chi connectivity index (χ0) is 11.6. The Kier molecular flexibility index (Phi) is 4.01. The summed E-state index contributed by atoms with van der Waals surface area (Å²) in [5.74, 6) is 0. The van der Waals surface area contributed by atoms with Crippen molar-refractivity contribution in [1.29, 1.82) is 0 Å². The standard InChI is InChI=1S/C9H13BrN2O2S2/c10-8-3-5-15-9(8)16(13,14)12-6-7-2-1-4-11-7/h3,5,7,11-12H,1-2,4,6H2. The van der Waals surface area contributed by atoms with E-state index >= 15 is 0 Å². The van der Waals surface area contributed by atoms with Gasteiger partial charge in [0.15, 0.2) is 0 Å². The van der Waals surface area contributed by atoms with Crippen molar-refractivity contribution in [2.24, 2.45) is 0 Å². The van der Waals surface area contributed by atoms with Crippen LogP contribution in [0.2, 0.25) is 0 Å². The highest BCUT2D eigenvalue weighted by molar-refractivity contribution is 9.10. The lowest BCUT2D eigenvalue weighted by Crippen LogP contribution is -2.36. The van der Waals surface area contributed by atoms with Crippen LogP contribution in [0, 0.1) is 0 Å². The maximum absolute atomic E-state index is 11.9. The summed E-state index contributed by atoms with van der Waals surface area (Å²) < 4.78 is 27.4. The predicted molar refractivity (Wildman–Crippen MR) is 68.2 cm³/mol. The molecule has 1 saturated heterocycles. The fourth-order valence-corrected chi connectivity index (χ4v) is 5.14. The monoisotopic (exact) mass is 324 g/mol. The second kappa shape index (κ2) is 5.14. The molecule has 0 saturated carbocycles. The highest BCUT2D eigenvalue weighted by Gasteiger charge is 2.21. The molecule has 4 nitrogen and oxygen atoms in total. The fraction of sp³-hybridized carbons (Fsp3) is 0.556. The predicted octanol–water partition coefficient (Wildman–Crippen LogP) is 1.54. The van der Waals surface area contributed by atoms with Gasteiger partial charge in [-0.15, -0.1) is 11.3 Å². The van der Waals surface area contributed by atoms with Gasteiger partial charge >= 0.3 is 0 Å². The molecule has 0 radical (unpaired) electrons. The molecule has 1 aliphatic rings. The third-order valence-electron chi connectivity index (χ3n) is 2.51. The van der Waals surface area contributed by atoms with E-state index in [9.17, 15) is 8.42 Å². The molecular weight excluding hydrogens is 312 g/mol. The number of thiophene rings is 1. The molecule has 7 heteroatoms. The highest BCUT2D eigenvalue weighted by Crippen LogP contribution is 2.27. The van der Waals surface area contributed by atoms with Crippen molar-refractivity contribution >= 4 is 37.3 Å². The van der Waals surface area contributed by atoms with Gasteiger partial charge in [0.2, 0.25) is 0 Å². The van der Waals surface area contributed by atoms with E-state index in [1.165, 1.54) is 11.3 Å². The van der Waals surface area contributed by atoms with Crippen molar-refractivity contribution in [2.45, 2.75) is 23.1 Å². The number of rotatable bonds is 4. The first-order valence-electron chi connectivity index (χ1n) is 5.05. The minimum Gasteiger partial charge on any atom is -0.313 e. The van der Waals surface area contributed by atoms with Crippen LogP contribution < -0.4 is 10.0 Å². The van der Waals surface area contributed by atoms with E-state index in [4.69, 9.17) is 0 Å². The quantitative estimate of drug-likeness (QED) is 0.883. The second-order valence-corrected chi connectivity index (χ2v) is 7.43. The van der Waals surface area contributed by atoms with Crippen LogP contribution in [0.5, 0.6) is 0 Å². The van der Waals surface area contributed by atoms with Gasteiger partial charge in [-0.25, -0.2) is 13.1 Å². The minimum absolute atomic E-state index is 0.272. The van der Waals surface area contributed by atoms with Gasteiger partial charge in [-0.3, -0.25) is 0 Å². The van der Waals surface area contributed by atoms with Gasteiger partial charge in [0, 0.05) is 17.1 Å². The Hall–Kier alpha value is 0.0500. The Bertz CT molecular complexity index is 452. The third kappa shape index (κ3) is 2.84. The zero-order valence-corrected chi connectivity index (χ0v) is 11.8. The lowest BCUT2D eigenvalue weighted by Gasteiger charge is -2.11. The molecule has 0 aliphatic carbocycles. The van der Waals surface area contributed by atoms with E-state index in [1.807, 2.05) is 0 Å². The van der Waals surface area contributed by atoms with Crippen LogP contribution in [0.25, 0.3) is 0 Å². The van der Waals surface area contributed by atoms with Crippen molar-refractivity contribution in [3.63, 3.8) is 0 Å². The summed E-state index contributed by atoms with van der Waals surface area (Å²) >= 11 is 4.45. The van der Waals surface area contributed by atoms with E-state index in [0.717, 1.165) is 19.4 Å². The van der Waals surface area contributed by atoms with E-state index in [0.29, 0.717) is 15.2 Å². The molecule has 16 heavy (non-hydrogen) atoms. The number of sulfonamides is 1. The molecule has 1 aromatic rings. The minimum atomic E-state index is -3.35. The van der Waals surface area contributed by atoms with Gasteiger partial charge in [0.05, 0.1) is 0 Å². The fourth-order valence-electron chi connectivity index (χ4n) is 1.68. The van der Waals surface area contributed by atoms with Crippen LogP contribution in [-0.2, 0) is 10.0 Å². The summed E-state index contributed by atoms with van der Waals surface area (Å²) in [7, 11) is -3.35. The van der Waals surface area contributed by atoms with Gasteiger partial charge in [-0.2, -0.15) is 0 Å². The molecule has 1 aromatic heterocycles. The Morgan fingerprint density at radius 3 is 3.00 bits per heavy atom. The molecule has 0 aromatic carbocycles. The highest BCUT2D eigenvalue weighted by atomic mass is 79.9. The smallest absolute Gasteiger partial charge is 0.251 e. The van der Waals surface area contributed by atoms with E-state index in [-0.39, 0.29) is 6.04 Å². The Labute approximate surface area is 108 Å². The van der Waals surface area contributed by atoms with Gasteiger partial charge < -0.3 is 5.32 Å². The molecule has 90 valence electrons. The lowest BCUT2D eigenvalue weighted by molar-refractivity contribution is 0.553. The van der Waals surface area contributed by atoms with Gasteiger partial charge in [0.1, 0.15) is 4.21 Å². The normalized spacial score (nSPS) is 21.4. The summed E-state index contributed by atoms with van der Waals surface area (Å²) in [4.78, 5) is 0. The molecule has 0 bridgehead atoms. The second-order valence-electron chi connectivity index (χ2n) is 3.70. The topological polar surface area (TPSA) is 58.2 Å². The summed E-state index contributed by atoms with van der Waals surface area (Å²) in [6, 6.07) is 2.01. The molecule has 2 N–H and O–H groups in total. The molecule has 2 rings (SSSR count). The van der Waals surface area contributed by atoms with Gasteiger partial charge in [-0.1, -0.05) is 0 Å². The number of hydrogen-bond donors (Lipinski definition) is 2. The maximum atomic E-state index is 11.9. The van der Waals surface area contributed by atoms with Crippen LogP contribution in [-0.4, -0.2) is 27.5 Å². The largest absolute Gasteiger partial charge is 0.313 e. The Balaban J connectivity index is 2.00. The van der Waals surface area contributed by atoms with E-state index < -0.39 is 10.0 Å². The maximum Gasteiger partial charge on any atom is 0.251 e. The van der Waals surface area contributed by atoms with Crippen LogP contribution in [0.15, 0.2) is 20.1 Å². The van der Waals surface area contributed by atoms with E-state index in [1.54, 1.807) is 11.4 Å². The summed E-state index contributed by atoms with van der Waals surface area (Å²) in [5.41, 5.74) is 0. The Morgan fingerprint density at radius 2 is 2.44 bits per heavy atom. The number of hydrogen-bond acceptors (Lipinski definition) is 4.